The van der Waals surface area contributed by atoms with E-state index in [4.69, 9.17) is 9.72 Å². The van der Waals surface area contributed by atoms with Gasteiger partial charge in [-0.25, -0.2) is 4.98 Å². The van der Waals surface area contributed by atoms with Crippen molar-refractivity contribution in [2.45, 2.75) is 20.3 Å². The molecule has 1 aromatic heterocycles. The molecule has 0 unspecified atom stereocenters. The molecule has 0 aliphatic carbocycles. The Labute approximate surface area is 170 Å². The SMILES string of the molecule is CCN(CC)CCN(C(=O)Cc1ccccc1)c1nc2cc(OC)ccc2s1. The number of ether oxygens (including phenoxy) is 1. The van der Waals surface area contributed by atoms with Crippen LogP contribution in [0.25, 0.3) is 10.2 Å². The van der Waals surface area contributed by atoms with Crippen molar-refractivity contribution in [1.29, 1.82) is 0 Å². The second kappa shape index (κ2) is 9.66. The van der Waals surface area contributed by atoms with Crippen LogP contribution in [0.1, 0.15) is 19.4 Å². The van der Waals surface area contributed by atoms with Crippen LogP contribution in [0.4, 0.5) is 5.13 Å². The van der Waals surface area contributed by atoms with Crippen LogP contribution in [0, 0.1) is 0 Å². The maximum absolute atomic E-state index is 13.2. The molecule has 28 heavy (non-hydrogen) atoms. The van der Waals surface area contributed by atoms with E-state index in [1.54, 1.807) is 18.4 Å². The number of carbonyl (C=O) groups is 1. The van der Waals surface area contributed by atoms with Gasteiger partial charge in [0, 0.05) is 19.2 Å². The molecule has 148 valence electrons. The summed E-state index contributed by atoms with van der Waals surface area (Å²) >= 11 is 1.55. The van der Waals surface area contributed by atoms with Gasteiger partial charge >= 0.3 is 0 Å². The number of likely N-dealkylation sites (N-methyl/N-ethyl adjacent to an activating group) is 1. The summed E-state index contributed by atoms with van der Waals surface area (Å²) in [4.78, 5) is 22.0. The third-order valence-electron chi connectivity index (χ3n) is 4.85. The molecule has 1 amide bonds. The van der Waals surface area contributed by atoms with Crippen molar-refractivity contribution in [1.82, 2.24) is 9.88 Å². The Balaban J connectivity index is 1.87. The molecule has 0 fully saturated rings. The topological polar surface area (TPSA) is 45.7 Å². The summed E-state index contributed by atoms with van der Waals surface area (Å²) in [6.07, 6.45) is 0.373. The van der Waals surface area contributed by atoms with Crippen LogP contribution in [0.2, 0.25) is 0 Å². The van der Waals surface area contributed by atoms with Crippen LogP contribution in [0.5, 0.6) is 5.75 Å². The Morgan fingerprint density at radius 2 is 1.82 bits per heavy atom. The van der Waals surface area contributed by atoms with Gasteiger partial charge in [-0.1, -0.05) is 55.5 Å². The molecule has 3 rings (SSSR count). The summed E-state index contributed by atoms with van der Waals surface area (Å²) in [5.41, 5.74) is 1.88. The zero-order chi connectivity index (χ0) is 19.9. The summed E-state index contributed by atoms with van der Waals surface area (Å²) in [7, 11) is 1.65. The minimum Gasteiger partial charge on any atom is -0.497 e. The van der Waals surface area contributed by atoms with E-state index in [-0.39, 0.29) is 5.91 Å². The van der Waals surface area contributed by atoms with Crippen LogP contribution < -0.4 is 9.64 Å². The average Bonchev–Trinajstić information content (AvgIpc) is 3.14. The Morgan fingerprint density at radius 1 is 1.07 bits per heavy atom. The zero-order valence-electron chi connectivity index (χ0n) is 16.7. The number of rotatable bonds is 9. The molecule has 0 aliphatic rings. The number of hydrogen-bond acceptors (Lipinski definition) is 5. The number of nitrogens with zero attached hydrogens (tertiary/aromatic N) is 3. The molecule has 2 aromatic carbocycles. The number of thiazole rings is 1. The molecule has 3 aromatic rings. The number of fused-ring (bicyclic) bond motifs is 1. The van der Waals surface area contributed by atoms with Crippen molar-refractivity contribution in [3.63, 3.8) is 0 Å². The van der Waals surface area contributed by atoms with Gasteiger partial charge in [0.05, 0.1) is 23.7 Å². The first-order chi connectivity index (χ1) is 13.6. The van der Waals surface area contributed by atoms with Gasteiger partial charge < -0.3 is 9.64 Å². The number of aromatic nitrogens is 1. The summed E-state index contributed by atoms with van der Waals surface area (Å²) in [6.45, 7) is 7.67. The molecule has 0 N–H and O–H groups in total. The Hall–Kier alpha value is -2.44. The Bertz CT molecular complexity index is 907. The quantitative estimate of drug-likeness (QED) is 0.542. The van der Waals surface area contributed by atoms with Gasteiger partial charge in [-0.05, 0) is 30.8 Å². The predicted octanol–water partition coefficient (Wildman–Crippen LogP) is 4.22. The third kappa shape index (κ3) is 4.88. The summed E-state index contributed by atoms with van der Waals surface area (Å²) < 4.78 is 6.36. The summed E-state index contributed by atoms with van der Waals surface area (Å²) in [6, 6.07) is 15.7. The second-order valence-electron chi connectivity index (χ2n) is 6.56. The molecule has 0 radical (unpaired) electrons. The minimum atomic E-state index is 0.0735. The lowest BCUT2D eigenvalue weighted by atomic mass is 10.1. The molecule has 0 saturated heterocycles. The fourth-order valence-electron chi connectivity index (χ4n) is 3.11. The number of amides is 1. The summed E-state index contributed by atoms with van der Waals surface area (Å²) in [5.74, 6) is 0.846. The maximum atomic E-state index is 13.2. The Morgan fingerprint density at radius 3 is 2.50 bits per heavy atom. The molecule has 0 saturated carbocycles. The lowest BCUT2D eigenvalue weighted by molar-refractivity contribution is -0.118. The highest BCUT2D eigenvalue weighted by molar-refractivity contribution is 7.22. The van der Waals surface area contributed by atoms with Crippen molar-refractivity contribution < 1.29 is 9.53 Å². The highest BCUT2D eigenvalue weighted by Crippen LogP contribution is 2.31. The number of benzene rings is 2. The molecule has 6 heteroatoms. The van der Waals surface area contributed by atoms with Crippen LogP contribution in [-0.4, -0.2) is 49.1 Å². The summed E-state index contributed by atoms with van der Waals surface area (Å²) in [5, 5.41) is 0.747. The van der Waals surface area contributed by atoms with E-state index in [1.807, 2.05) is 53.4 Å². The van der Waals surface area contributed by atoms with E-state index in [0.717, 1.165) is 46.3 Å². The minimum absolute atomic E-state index is 0.0735. The molecular weight excluding hydrogens is 370 g/mol. The first-order valence-corrected chi connectivity index (χ1v) is 10.5. The largest absolute Gasteiger partial charge is 0.497 e. The Kier molecular flexibility index (Phi) is 7.01. The van der Waals surface area contributed by atoms with Crippen LogP contribution in [-0.2, 0) is 11.2 Å². The van der Waals surface area contributed by atoms with Crippen molar-refractivity contribution in [3.8, 4) is 5.75 Å². The van der Waals surface area contributed by atoms with Crippen molar-refractivity contribution >= 4 is 32.6 Å². The van der Waals surface area contributed by atoms with E-state index in [1.165, 1.54) is 0 Å². The first kappa shape index (κ1) is 20.3. The highest BCUT2D eigenvalue weighted by atomic mass is 32.1. The van der Waals surface area contributed by atoms with E-state index >= 15 is 0 Å². The highest BCUT2D eigenvalue weighted by Gasteiger charge is 2.21. The van der Waals surface area contributed by atoms with Crippen molar-refractivity contribution in [2.24, 2.45) is 0 Å². The first-order valence-electron chi connectivity index (χ1n) is 9.65. The van der Waals surface area contributed by atoms with Crippen LogP contribution in [0.15, 0.2) is 48.5 Å². The predicted molar refractivity (Wildman–Crippen MR) is 116 cm³/mol. The molecule has 0 aliphatic heterocycles. The normalized spacial score (nSPS) is 11.1. The molecule has 0 bridgehead atoms. The fourth-order valence-corrected chi connectivity index (χ4v) is 4.10. The number of methoxy groups -OCH3 is 1. The molecule has 0 atom stereocenters. The average molecular weight is 398 g/mol. The zero-order valence-corrected chi connectivity index (χ0v) is 17.5. The standard InChI is InChI=1S/C22H27N3O2S/c1-4-24(5-2)13-14-25(21(26)15-17-9-7-6-8-10-17)22-23-19-16-18(27-3)11-12-20(19)28-22/h6-12,16H,4-5,13-15H2,1-3H3. The van der Waals surface area contributed by atoms with Gasteiger partial charge in [0.15, 0.2) is 5.13 Å². The molecule has 5 nitrogen and oxygen atoms in total. The van der Waals surface area contributed by atoms with Gasteiger partial charge in [-0.2, -0.15) is 0 Å². The smallest absolute Gasteiger partial charge is 0.233 e. The van der Waals surface area contributed by atoms with Crippen molar-refractivity contribution in [2.75, 3.05) is 38.2 Å². The fraction of sp³-hybridized carbons (Fsp3) is 0.364. The van der Waals surface area contributed by atoms with Gasteiger partial charge in [0.1, 0.15) is 5.75 Å². The lowest BCUT2D eigenvalue weighted by Gasteiger charge is -2.24. The number of anilines is 1. The van der Waals surface area contributed by atoms with Gasteiger partial charge in [0.2, 0.25) is 5.91 Å². The lowest BCUT2D eigenvalue weighted by Crippen LogP contribution is -2.39. The third-order valence-corrected chi connectivity index (χ3v) is 5.91. The van der Waals surface area contributed by atoms with Gasteiger partial charge in [-0.3, -0.25) is 9.69 Å². The van der Waals surface area contributed by atoms with Crippen molar-refractivity contribution in [3.05, 3.63) is 54.1 Å². The number of hydrogen-bond donors (Lipinski definition) is 0. The van der Waals surface area contributed by atoms with Gasteiger partial charge in [0.25, 0.3) is 0 Å². The van der Waals surface area contributed by atoms with Crippen LogP contribution in [0.3, 0.4) is 0 Å². The van der Waals surface area contributed by atoms with Gasteiger partial charge in [-0.15, -0.1) is 0 Å². The van der Waals surface area contributed by atoms with E-state index in [9.17, 15) is 4.79 Å². The van der Waals surface area contributed by atoms with E-state index < -0.39 is 0 Å². The van der Waals surface area contributed by atoms with Crippen LogP contribution >= 0.6 is 11.3 Å². The molecular formula is C22H27N3O2S. The monoisotopic (exact) mass is 397 g/mol. The molecule has 0 spiro atoms. The van der Waals surface area contributed by atoms with E-state index in [0.29, 0.717) is 13.0 Å². The molecule has 1 heterocycles. The maximum Gasteiger partial charge on any atom is 0.233 e. The van der Waals surface area contributed by atoms with E-state index in [2.05, 4.69) is 18.7 Å². The number of carbonyl (C=O) groups excluding carboxylic acids is 1. The second-order valence-corrected chi connectivity index (χ2v) is 7.57.